The molecule has 0 saturated heterocycles. The molecule has 0 amide bonds. The summed E-state index contributed by atoms with van der Waals surface area (Å²) in [4.78, 5) is 22.6. The number of hydrogen-bond acceptors (Lipinski definition) is 6. The number of aromatic nitrogens is 8. The standard InChI is InChI=1S/C64H76N8O4.CH4.Mn/c1-5-9-41-73-45-37-69-33-17-13-21-57(69)61-49-25-27-51(65-49)62(58-22-14-18-34-70(58)38-46-74-42-10-6-2)53-29-31-55(67-53)64(60-24-16-20-36-72(60)40-48-76-44-12-8-4)56-32-30-54(68-56)63(52-28-26-50(61)66-52)59-23-15-19-35-71(59)39-47-75-43-11-7-3;;/h13-36H,5-12,37-48H2,1-4H3;1H4;/q+2;;+3. The van der Waals surface area contributed by atoms with Crippen LogP contribution in [0.15, 0.2) is 122 Å². The number of pyridine rings is 4. The number of hydrogen-bond donors (Lipinski definition) is 0. The second-order valence-corrected chi connectivity index (χ2v) is 19.3. The summed E-state index contributed by atoms with van der Waals surface area (Å²) >= 11 is 0. The fraction of sp³-hybridized carbons (Fsp3) is 0.385. The average Bonchev–Trinajstić information content (AvgIpc) is 4.35. The van der Waals surface area contributed by atoms with Crippen molar-refractivity contribution in [2.75, 3.05) is 52.9 Å². The van der Waals surface area contributed by atoms with Crippen LogP contribution in [-0.4, -0.2) is 62.8 Å². The van der Waals surface area contributed by atoms with Gasteiger partial charge in [0.05, 0.1) is 45.0 Å². The van der Waals surface area contributed by atoms with Crippen LogP contribution in [0.2, 0.25) is 0 Å². The molecule has 0 atom stereocenters. The Kier molecular flexibility index (Phi) is 23.3. The zero-order valence-electron chi connectivity index (χ0n) is 45.6. The number of ether oxygens (including phenoxy) is 4. The third-order valence-corrected chi connectivity index (χ3v) is 13.9. The maximum atomic E-state index is 6.17. The first kappa shape index (κ1) is 59.2. The monoisotopic (exact) mass is 1090 g/mol. The average molecular weight is 1090 g/mol. The van der Waals surface area contributed by atoms with Gasteiger partial charge < -0.3 is 28.9 Å². The molecule has 0 aromatic carbocycles. The summed E-state index contributed by atoms with van der Waals surface area (Å²) in [6.45, 7) is 16.7. The first-order chi connectivity index (χ1) is 37.6. The maximum absolute atomic E-state index is 6.17. The van der Waals surface area contributed by atoms with Gasteiger partial charge in [-0.15, -0.1) is 22.1 Å². The van der Waals surface area contributed by atoms with E-state index < -0.39 is 0 Å². The van der Waals surface area contributed by atoms with Gasteiger partial charge in [0.1, 0.15) is 26.4 Å². The first-order valence-electron chi connectivity index (χ1n) is 27.9. The minimum atomic E-state index is 0. The van der Waals surface area contributed by atoms with Gasteiger partial charge in [-0.25, -0.2) is 9.97 Å². The zero-order valence-corrected chi connectivity index (χ0v) is 46.8. The third kappa shape index (κ3) is 14.6. The van der Waals surface area contributed by atoms with E-state index in [0.29, 0.717) is 52.6 Å². The number of fused-ring (bicyclic) bond motifs is 8. The van der Waals surface area contributed by atoms with E-state index in [2.05, 4.69) is 192 Å². The normalized spacial score (nSPS) is 11.7. The molecule has 7 aromatic heterocycles. The van der Waals surface area contributed by atoms with Gasteiger partial charge >= 0.3 is 17.1 Å². The fourth-order valence-electron chi connectivity index (χ4n) is 9.78. The van der Waals surface area contributed by atoms with Gasteiger partial charge in [-0.2, -0.15) is 18.3 Å². The smallest absolute Gasteiger partial charge is 0.656 e. The van der Waals surface area contributed by atoms with E-state index >= 15 is 0 Å². The van der Waals surface area contributed by atoms with E-state index in [-0.39, 0.29) is 24.5 Å². The SMILES string of the molecule is C.CCCCOCC[n+]1ccccc1-c1c2nc(c(-c3cccc[n+]3CCOCCCC)c3ccc([n-]3)c(-c3cccc[n+]3CCOCCCC)c3nc(c(-c4cccc[n+]4CCOCCCC)c4ccc1[n-]4)C=C3)C=C2.[Mn+3]. The molecule has 0 fully saturated rings. The minimum absolute atomic E-state index is 0. The molecule has 7 aromatic rings. The van der Waals surface area contributed by atoms with Crippen molar-refractivity contribution in [1.82, 2.24) is 19.9 Å². The van der Waals surface area contributed by atoms with E-state index in [0.717, 1.165) is 168 Å². The van der Waals surface area contributed by atoms with Crippen LogP contribution >= 0.6 is 0 Å². The largest absolute Gasteiger partial charge is 3.00 e. The quantitative estimate of drug-likeness (QED) is 0.0271. The molecular formula is C65H80MnN8O4+5. The van der Waals surface area contributed by atoms with Crippen molar-refractivity contribution in [1.29, 1.82) is 0 Å². The molecule has 0 N–H and O–H groups in total. The molecule has 0 saturated carbocycles. The van der Waals surface area contributed by atoms with E-state index in [9.17, 15) is 0 Å². The van der Waals surface area contributed by atoms with Crippen LogP contribution in [0, 0.1) is 0 Å². The van der Waals surface area contributed by atoms with Crippen LogP contribution in [0.3, 0.4) is 0 Å². The van der Waals surface area contributed by atoms with Gasteiger partial charge in [0.15, 0.2) is 51.0 Å². The molecule has 9 heterocycles. The van der Waals surface area contributed by atoms with E-state index in [1.165, 1.54) is 0 Å². The van der Waals surface area contributed by atoms with Crippen LogP contribution in [-0.2, 0) is 62.2 Å². The van der Waals surface area contributed by atoms with Gasteiger partial charge in [0.2, 0.25) is 22.8 Å². The predicted molar refractivity (Wildman–Crippen MR) is 309 cm³/mol. The Labute approximate surface area is 473 Å². The van der Waals surface area contributed by atoms with Crippen molar-refractivity contribution < 1.29 is 54.3 Å². The van der Waals surface area contributed by atoms with Crippen molar-refractivity contribution in [3.63, 3.8) is 0 Å². The summed E-state index contributed by atoms with van der Waals surface area (Å²) in [5.41, 5.74) is 14.1. The second kappa shape index (κ2) is 30.6. The predicted octanol–water partition coefficient (Wildman–Crippen LogP) is 11.6. The summed E-state index contributed by atoms with van der Waals surface area (Å²) in [6.07, 6.45) is 25.6. The summed E-state index contributed by atoms with van der Waals surface area (Å²) < 4.78 is 33.7. The fourth-order valence-corrected chi connectivity index (χ4v) is 9.78. The second-order valence-electron chi connectivity index (χ2n) is 19.3. The first-order valence-corrected chi connectivity index (χ1v) is 27.9. The number of rotatable bonds is 28. The molecule has 0 unspecified atom stereocenters. The Morgan fingerprint density at radius 3 is 0.821 bits per heavy atom. The summed E-state index contributed by atoms with van der Waals surface area (Å²) in [5, 5.41) is 0. The van der Waals surface area contributed by atoms with Gasteiger partial charge in [-0.3, -0.25) is 0 Å². The molecule has 0 radical (unpaired) electrons. The zero-order chi connectivity index (χ0) is 52.3. The molecule has 0 aliphatic carbocycles. The molecule has 12 nitrogen and oxygen atoms in total. The molecule has 13 heteroatoms. The van der Waals surface area contributed by atoms with Crippen LogP contribution in [0.1, 0.15) is 109 Å². The van der Waals surface area contributed by atoms with Crippen LogP contribution in [0.25, 0.3) is 91.4 Å². The van der Waals surface area contributed by atoms with Gasteiger partial charge in [0, 0.05) is 75.0 Å². The van der Waals surface area contributed by atoms with Crippen LogP contribution in [0.4, 0.5) is 0 Å². The summed E-state index contributed by atoms with van der Waals surface area (Å²) in [7, 11) is 0. The van der Waals surface area contributed by atoms with Gasteiger partial charge in [-0.1, -0.05) is 85.1 Å². The van der Waals surface area contributed by atoms with Crippen LogP contribution < -0.4 is 28.2 Å². The number of nitrogens with zero attached hydrogens (tertiary/aromatic N) is 8. The van der Waals surface area contributed by atoms with Crippen LogP contribution in [0.5, 0.6) is 0 Å². The van der Waals surface area contributed by atoms with Gasteiger partial charge in [-0.05, 0) is 74.3 Å². The van der Waals surface area contributed by atoms with Crippen molar-refractivity contribution in [3.05, 3.63) is 145 Å². The molecule has 9 rings (SSSR count). The van der Waals surface area contributed by atoms with Crippen molar-refractivity contribution >= 4 is 46.4 Å². The molecule has 8 bridgehead atoms. The Balaban J connectivity index is 0.00000441. The van der Waals surface area contributed by atoms with Gasteiger partial charge in [0.25, 0.3) is 0 Å². The molecule has 2 aliphatic rings. The van der Waals surface area contributed by atoms with Crippen molar-refractivity contribution in [2.45, 2.75) is 113 Å². The van der Waals surface area contributed by atoms with E-state index in [1.807, 2.05) is 0 Å². The Morgan fingerprint density at radius 1 is 0.346 bits per heavy atom. The molecule has 406 valence electrons. The Morgan fingerprint density at radius 2 is 0.590 bits per heavy atom. The molecular weight excluding hydrogens is 1010 g/mol. The molecule has 0 spiro atoms. The van der Waals surface area contributed by atoms with Crippen molar-refractivity contribution in [2.24, 2.45) is 0 Å². The maximum Gasteiger partial charge on any atom is 3.00 e. The Bertz CT molecular complexity index is 2850. The van der Waals surface area contributed by atoms with E-state index in [4.69, 9.17) is 38.9 Å². The summed E-state index contributed by atoms with van der Waals surface area (Å²) in [6, 6.07) is 34.0. The molecule has 2 aliphatic heterocycles. The minimum Gasteiger partial charge on any atom is -0.656 e. The molecule has 78 heavy (non-hydrogen) atoms. The topological polar surface area (TPSA) is 106 Å². The summed E-state index contributed by atoms with van der Waals surface area (Å²) in [5.74, 6) is 0. The van der Waals surface area contributed by atoms with E-state index in [1.54, 1.807) is 0 Å². The third-order valence-electron chi connectivity index (χ3n) is 13.9. The Hall–Kier alpha value is -6.44. The van der Waals surface area contributed by atoms with Crippen molar-refractivity contribution in [3.8, 4) is 45.0 Å². The number of unbranched alkanes of at least 4 members (excludes halogenated alkanes) is 4.